The zero-order valence-corrected chi connectivity index (χ0v) is 23.4. The Bertz CT molecular complexity index is 465. The van der Waals surface area contributed by atoms with Crippen molar-refractivity contribution in [3.63, 3.8) is 0 Å². The van der Waals surface area contributed by atoms with Crippen LogP contribution in [-0.2, 0) is 0 Å². The Labute approximate surface area is 198 Å². The Morgan fingerprint density at radius 3 is 1.81 bits per heavy atom. The van der Waals surface area contributed by atoms with Gasteiger partial charge in [-0.2, -0.15) is 0 Å². The first-order chi connectivity index (χ1) is 14.9. The molecule has 3 unspecified atom stereocenters. The van der Waals surface area contributed by atoms with E-state index in [4.69, 9.17) is 0 Å². The molecule has 0 aromatic carbocycles. The largest absolute Gasteiger partial charge is 0.365 e. The second kappa shape index (κ2) is 30.7. The molecule has 3 atom stereocenters. The van der Waals surface area contributed by atoms with Gasteiger partial charge in [0.15, 0.2) is 0 Å². The first-order valence-electron chi connectivity index (χ1n) is 12.8. The highest BCUT2D eigenvalue weighted by Crippen LogP contribution is 2.37. The number of allylic oxidation sites excluding steroid dienone is 4. The van der Waals surface area contributed by atoms with Crippen molar-refractivity contribution >= 4 is 0 Å². The molecule has 1 aromatic rings. The minimum atomic E-state index is 0.995. The van der Waals surface area contributed by atoms with E-state index in [1.807, 2.05) is 52.1 Å². The van der Waals surface area contributed by atoms with Gasteiger partial charge >= 0.3 is 0 Å². The molecule has 0 radical (unpaired) electrons. The molecule has 1 aromatic heterocycles. The van der Waals surface area contributed by atoms with E-state index in [0.717, 1.165) is 24.2 Å². The lowest BCUT2D eigenvalue weighted by Crippen LogP contribution is -2.07. The Balaban J connectivity index is -0.000000153. The van der Waals surface area contributed by atoms with Crippen molar-refractivity contribution in [2.75, 3.05) is 0 Å². The van der Waals surface area contributed by atoms with Crippen LogP contribution in [0.25, 0.3) is 0 Å². The number of rotatable bonds is 4. The van der Waals surface area contributed by atoms with Gasteiger partial charge in [0.25, 0.3) is 0 Å². The van der Waals surface area contributed by atoms with E-state index >= 15 is 0 Å². The zero-order chi connectivity index (χ0) is 25.1. The highest BCUT2D eigenvalue weighted by Gasteiger charge is 2.27. The molecule has 0 spiro atoms. The van der Waals surface area contributed by atoms with E-state index in [9.17, 15) is 0 Å². The summed E-state index contributed by atoms with van der Waals surface area (Å²) in [6.07, 6.45) is 16.3. The van der Waals surface area contributed by atoms with Crippen molar-refractivity contribution in [3.05, 3.63) is 61.0 Å². The quantitative estimate of drug-likeness (QED) is 0.359. The molecule has 1 heterocycles. The molecular formula is C30H59N. The van der Waals surface area contributed by atoms with Gasteiger partial charge in [0.2, 0.25) is 0 Å². The lowest BCUT2D eigenvalue weighted by Gasteiger charge is -2.15. The van der Waals surface area contributed by atoms with Gasteiger partial charge in [-0.15, -0.1) is 13.2 Å². The van der Waals surface area contributed by atoms with E-state index in [1.54, 1.807) is 0 Å². The summed E-state index contributed by atoms with van der Waals surface area (Å²) in [6.45, 7) is 29.8. The molecule has 1 heteroatoms. The summed E-state index contributed by atoms with van der Waals surface area (Å²) in [5.74, 6) is 3.03. The van der Waals surface area contributed by atoms with Gasteiger partial charge in [-0.1, -0.05) is 105 Å². The van der Waals surface area contributed by atoms with E-state index in [2.05, 4.69) is 78.8 Å². The lowest BCUT2D eigenvalue weighted by atomic mass is 9.91. The summed E-state index contributed by atoms with van der Waals surface area (Å²) in [7, 11) is 0. The zero-order valence-electron chi connectivity index (χ0n) is 23.4. The second-order valence-electron chi connectivity index (χ2n) is 7.83. The van der Waals surface area contributed by atoms with Crippen LogP contribution >= 0.6 is 0 Å². The maximum Gasteiger partial charge on any atom is 0.0115 e. The van der Waals surface area contributed by atoms with Gasteiger partial charge in [-0.3, -0.25) is 0 Å². The first-order valence-corrected chi connectivity index (χ1v) is 12.8. The Morgan fingerprint density at radius 2 is 1.61 bits per heavy atom. The average molecular weight is 434 g/mol. The van der Waals surface area contributed by atoms with E-state index in [1.165, 1.54) is 43.4 Å². The fourth-order valence-corrected chi connectivity index (χ4v) is 2.84. The maximum atomic E-state index is 3.00. The summed E-state index contributed by atoms with van der Waals surface area (Å²) >= 11 is 0. The standard InChI is InChI=1S/C9H18.C8H14.C5H7N.C4H10.C2H6.C2H4/c1-4-9-6-5-7(2)8(9)3;1-4-6-7-8(3)5-2;1-5-3-2-4-6-5;1-3-4-2;2*1-2/h7-9H,4-6H2,1-3H3;4,6-7H,5H2,1-3H3;2-4,6H,1H3;3-4H2,1-2H3;1-2H3;1-2H2/b;6-4-,8-7-;;;;. The van der Waals surface area contributed by atoms with Gasteiger partial charge in [-0.25, -0.2) is 0 Å². The number of hydrogen-bond acceptors (Lipinski definition) is 0. The van der Waals surface area contributed by atoms with Crippen molar-refractivity contribution in [1.82, 2.24) is 4.98 Å². The molecule has 0 aliphatic heterocycles. The molecule has 184 valence electrons. The third-order valence-corrected chi connectivity index (χ3v) is 5.54. The van der Waals surface area contributed by atoms with Crippen molar-refractivity contribution in [1.29, 1.82) is 0 Å². The summed E-state index contributed by atoms with van der Waals surface area (Å²) in [5, 5.41) is 0. The van der Waals surface area contributed by atoms with E-state index in [-0.39, 0.29) is 0 Å². The predicted octanol–water partition coefficient (Wildman–Crippen LogP) is 11.0. The molecule has 2 rings (SSSR count). The predicted molar refractivity (Wildman–Crippen MR) is 149 cm³/mol. The summed E-state index contributed by atoms with van der Waals surface area (Å²) in [6, 6.07) is 4.01. The topological polar surface area (TPSA) is 15.8 Å². The Hall–Kier alpha value is -1.50. The van der Waals surface area contributed by atoms with Crippen LogP contribution in [0.1, 0.15) is 113 Å². The van der Waals surface area contributed by atoms with Crippen LogP contribution in [0.3, 0.4) is 0 Å². The normalized spacial score (nSPS) is 19.1. The van der Waals surface area contributed by atoms with Gasteiger partial charge < -0.3 is 4.98 Å². The van der Waals surface area contributed by atoms with Gasteiger partial charge in [0, 0.05) is 11.9 Å². The Kier molecular flexibility index (Phi) is 36.5. The fourth-order valence-electron chi connectivity index (χ4n) is 2.84. The summed E-state index contributed by atoms with van der Waals surface area (Å²) < 4.78 is 0. The fraction of sp³-hybridized carbons (Fsp3) is 0.667. The number of H-pyrrole nitrogens is 1. The summed E-state index contributed by atoms with van der Waals surface area (Å²) in [5.41, 5.74) is 2.65. The molecule has 0 saturated heterocycles. The van der Waals surface area contributed by atoms with Crippen LogP contribution in [0.4, 0.5) is 0 Å². The highest BCUT2D eigenvalue weighted by atomic mass is 14.7. The minimum absolute atomic E-state index is 0.995. The molecular weight excluding hydrogens is 374 g/mol. The smallest absolute Gasteiger partial charge is 0.0115 e. The van der Waals surface area contributed by atoms with Crippen LogP contribution in [0.2, 0.25) is 0 Å². The van der Waals surface area contributed by atoms with E-state index < -0.39 is 0 Å². The van der Waals surface area contributed by atoms with Gasteiger partial charge in [0.1, 0.15) is 0 Å². The lowest BCUT2D eigenvalue weighted by molar-refractivity contribution is 0.349. The third-order valence-electron chi connectivity index (χ3n) is 5.54. The minimum Gasteiger partial charge on any atom is -0.365 e. The molecule has 1 aliphatic rings. The number of nitrogens with one attached hydrogen (secondary N) is 1. The van der Waals surface area contributed by atoms with Crippen molar-refractivity contribution in [3.8, 4) is 0 Å². The van der Waals surface area contributed by atoms with Gasteiger partial charge in [-0.05, 0) is 63.5 Å². The van der Waals surface area contributed by atoms with Crippen LogP contribution in [0.5, 0.6) is 0 Å². The van der Waals surface area contributed by atoms with Crippen molar-refractivity contribution < 1.29 is 0 Å². The van der Waals surface area contributed by atoms with E-state index in [0.29, 0.717) is 0 Å². The third kappa shape index (κ3) is 26.5. The number of aromatic amines is 1. The monoisotopic (exact) mass is 433 g/mol. The second-order valence-corrected chi connectivity index (χ2v) is 7.83. The average Bonchev–Trinajstić information content (AvgIpc) is 3.44. The van der Waals surface area contributed by atoms with Crippen molar-refractivity contribution in [2.45, 2.75) is 115 Å². The number of aromatic nitrogens is 1. The highest BCUT2D eigenvalue weighted by molar-refractivity contribution is 5.08. The number of aryl methyl sites for hydroxylation is 1. The van der Waals surface area contributed by atoms with Crippen LogP contribution in [0.15, 0.2) is 55.3 Å². The molecule has 1 N–H and O–H groups in total. The number of hydrogen-bond donors (Lipinski definition) is 1. The molecule has 0 amide bonds. The SMILES string of the molecule is C/C=C\C=C(\C)CC.C=C.CC.CCC1CCC(C)C1C.CCCC.Cc1ccc[nH]1. The van der Waals surface area contributed by atoms with Crippen molar-refractivity contribution in [2.24, 2.45) is 17.8 Å². The molecule has 1 aliphatic carbocycles. The molecule has 1 nitrogen and oxygen atoms in total. The van der Waals surface area contributed by atoms with Crippen LogP contribution < -0.4 is 0 Å². The molecule has 1 fully saturated rings. The molecule has 1 saturated carbocycles. The molecule has 31 heavy (non-hydrogen) atoms. The molecule has 0 bridgehead atoms. The number of unbranched alkanes of at least 4 members (excludes halogenated alkanes) is 1. The van der Waals surface area contributed by atoms with Gasteiger partial charge in [0.05, 0.1) is 0 Å². The Morgan fingerprint density at radius 1 is 1.06 bits per heavy atom. The first kappa shape index (κ1) is 36.8. The van der Waals surface area contributed by atoms with Crippen LogP contribution in [0, 0.1) is 24.7 Å². The maximum absolute atomic E-state index is 3.00. The van der Waals surface area contributed by atoms with Crippen LogP contribution in [-0.4, -0.2) is 4.98 Å². The summed E-state index contributed by atoms with van der Waals surface area (Å²) in [4.78, 5) is 3.00.